The second-order valence-corrected chi connectivity index (χ2v) is 8.43. The minimum Gasteiger partial charge on any atom is -0.394 e. The molecule has 200 valence electrons. The van der Waals surface area contributed by atoms with Crippen LogP contribution in [0.15, 0.2) is 0 Å². The van der Waals surface area contributed by atoms with E-state index in [4.69, 9.17) is 23.7 Å². The van der Waals surface area contributed by atoms with Crippen LogP contribution in [0.3, 0.4) is 0 Å². The predicted octanol–water partition coefficient (Wildman–Crippen LogP) is -7.57. The Kier molecular flexibility index (Phi) is 8.85. The Bertz CT molecular complexity index is 668. The fourth-order valence-electron chi connectivity index (χ4n) is 4.14. The second-order valence-electron chi connectivity index (χ2n) is 8.43. The quantitative estimate of drug-likeness (QED) is 0.139. The first-order chi connectivity index (χ1) is 16.0. The van der Waals surface area contributed by atoms with Crippen molar-refractivity contribution in [2.75, 3.05) is 33.0 Å². The lowest BCUT2D eigenvalue weighted by molar-refractivity contribution is -0.399. The van der Waals surface area contributed by atoms with Crippen molar-refractivity contribution in [2.45, 2.75) is 78.9 Å². The maximum absolute atomic E-state index is 10.7. The minimum absolute atomic E-state index is 0.750. The molecule has 0 aliphatic carbocycles. The summed E-state index contributed by atoms with van der Waals surface area (Å²) in [5.74, 6) is -4.84. The van der Waals surface area contributed by atoms with Crippen molar-refractivity contribution in [3.05, 3.63) is 0 Å². The maximum Gasteiger partial charge on any atom is 0.224 e. The van der Waals surface area contributed by atoms with E-state index in [2.05, 4.69) is 0 Å². The molecule has 3 rings (SSSR count). The largest absolute Gasteiger partial charge is 0.394 e. The third-order valence-corrected chi connectivity index (χ3v) is 6.27. The fraction of sp³-hybridized carbons (Fsp3) is 1.00. The van der Waals surface area contributed by atoms with Crippen LogP contribution in [0, 0.1) is 0 Å². The van der Waals surface area contributed by atoms with Crippen molar-refractivity contribution in [1.82, 2.24) is 0 Å². The summed E-state index contributed by atoms with van der Waals surface area (Å²) in [6.45, 7) is -4.40. The van der Waals surface area contributed by atoms with Crippen LogP contribution in [0.5, 0.6) is 0 Å². The van der Waals surface area contributed by atoms with Gasteiger partial charge >= 0.3 is 0 Å². The molecule has 13 atom stereocenters. The molecule has 0 radical (unpaired) electrons. The molecule has 3 aliphatic rings. The molecule has 0 spiro atoms. The predicted molar refractivity (Wildman–Crippen MR) is 101 cm³/mol. The molecule has 0 aromatic rings. The molecule has 3 fully saturated rings. The molecule has 16 heteroatoms. The van der Waals surface area contributed by atoms with E-state index in [0.717, 1.165) is 0 Å². The van der Waals surface area contributed by atoms with Gasteiger partial charge in [0.15, 0.2) is 6.29 Å². The smallest absolute Gasteiger partial charge is 0.224 e. The van der Waals surface area contributed by atoms with Crippen LogP contribution in [0.25, 0.3) is 0 Å². The van der Waals surface area contributed by atoms with Crippen molar-refractivity contribution in [2.24, 2.45) is 0 Å². The van der Waals surface area contributed by atoms with Gasteiger partial charge in [-0.1, -0.05) is 0 Å². The summed E-state index contributed by atoms with van der Waals surface area (Å²) in [6.07, 6.45) is -19.0. The number of hydrogen-bond donors (Lipinski definition) is 11. The van der Waals surface area contributed by atoms with E-state index >= 15 is 0 Å². The van der Waals surface area contributed by atoms with E-state index in [1.54, 1.807) is 0 Å². The summed E-state index contributed by atoms with van der Waals surface area (Å²) in [5, 5.41) is 109. The summed E-state index contributed by atoms with van der Waals surface area (Å²) >= 11 is 0. The first kappa shape index (κ1) is 27.9. The molecule has 0 aromatic heterocycles. The molecule has 34 heavy (non-hydrogen) atoms. The Morgan fingerprint density at radius 2 is 1.09 bits per heavy atom. The molecule has 0 unspecified atom stereocenters. The monoisotopic (exact) mass is 504 g/mol. The van der Waals surface area contributed by atoms with Gasteiger partial charge in [-0.3, -0.25) is 0 Å². The zero-order valence-corrected chi connectivity index (χ0v) is 17.8. The zero-order chi connectivity index (χ0) is 25.4. The second kappa shape index (κ2) is 10.8. The highest BCUT2D eigenvalue weighted by Gasteiger charge is 2.62. The first-order valence-electron chi connectivity index (χ1n) is 10.5. The van der Waals surface area contributed by atoms with E-state index in [9.17, 15) is 56.2 Å². The number of aliphatic hydroxyl groups is 11. The Labute approximate surface area is 192 Å². The number of rotatable bonds is 9. The molecule has 0 bridgehead atoms. The molecule has 3 saturated heterocycles. The summed E-state index contributed by atoms with van der Waals surface area (Å²) in [6, 6.07) is 0. The van der Waals surface area contributed by atoms with Gasteiger partial charge < -0.3 is 79.9 Å². The lowest BCUT2D eigenvalue weighted by Crippen LogP contribution is -2.63. The molecule has 0 aromatic carbocycles. The van der Waals surface area contributed by atoms with E-state index < -0.39 is 112 Å². The van der Waals surface area contributed by atoms with Gasteiger partial charge in [-0.25, -0.2) is 0 Å². The van der Waals surface area contributed by atoms with Gasteiger partial charge in [0.1, 0.15) is 74.3 Å². The van der Waals surface area contributed by atoms with Crippen molar-refractivity contribution in [3.8, 4) is 0 Å². The van der Waals surface area contributed by atoms with Crippen LogP contribution < -0.4 is 0 Å². The molecular weight excluding hydrogens is 472 g/mol. The highest BCUT2D eigenvalue weighted by Crippen LogP contribution is 2.39. The Hall–Kier alpha value is -0.640. The van der Waals surface area contributed by atoms with E-state index in [0.29, 0.717) is 0 Å². The van der Waals surface area contributed by atoms with Gasteiger partial charge in [-0.05, 0) is 0 Å². The third kappa shape index (κ3) is 4.71. The number of aliphatic hydroxyl groups excluding tert-OH is 11. The van der Waals surface area contributed by atoms with Crippen molar-refractivity contribution >= 4 is 0 Å². The zero-order valence-electron chi connectivity index (χ0n) is 17.8. The van der Waals surface area contributed by atoms with Gasteiger partial charge in [0.2, 0.25) is 11.6 Å². The molecule has 16 nitrogen and oxygen atoms in total. The summed E-state index contributed by atoms with van der Waals surface area (Å²) in [7, 11) is 0. The molecule has 3 heterocycles. The van der Waals surface area contributed by atoms with Gasteiger partial charge in [0.05, 0.1) is 19.8 Å². The fourth-order valence-corrected chi connectivity index (χ4v) is 4.14. The van der Waals surface area contributed by atoms with Crippen molar-refractivity contribution < 1.29 is 79.9 Å². The van der Waals surface area contributed by atoms with Gasteiger partial charge in [0, 0.05) is 0 Å². The minimum atomic E-state index is -2.49. The van der Waals surface area contributed by atoms with Gasteiger partial charge in [-0.2, -0.15) is 0 Å². The van der Waals surface area contributed by atoms with Crippen LogP contribution in [0.4, 0.5) is 0 Å². The van der Waals surface area contributed by atoms with E-state index in [1.807, 2.05) is 0 Å². The Morgan fingerprint density at radius 3 is 1.56 bits per heavy atom. The van der Waals surface area contributed by atoms with E-state index in [-0.39, 0.29) is 0 Å². The van der Waals surface area contributed by atoms with Crippen molar-refractivity contribution in [1.29, 1.82) is 0 Å². The SMILES string of the molecule is OC[C@@H]1O[C@H](O[C@]2(CO[C@]3(CO)O[C@H](CO)[C@H](O)[C@@H]3O)O[C@H](CO)[C@H](O)[C@@H]2O)[C@@H](O)[C@H](O)[C@@H]1O. The highest BCUT2D eigenvalue weighted by molar-refractivity contribution is 5.01. The van der Waals surface area contributed by atoms with Gasteiger partial charge in [-0.15, -0.1) is 0 Å². The number of ether oxygens (including phenoxy) is 5. The molecular formula is C18H32O16. The molecule has 0 saturated carbocycles. The van der Waals surface area contributed by atoms with Crippen molar-refractivity contribution in [3.63, 3.8) is 0 Å². The van der Waals surface area contributed by atoms with Crippen LogP contribution in [0.1, 0.15) is 0 Å². The van der Waals surface area contributed by atoms with Crippen LogP contribution >= 0.6 is 0 Å². The average molecular weight is 504 g/mol. The van der Waals surface area contributed by atoms with Gasteiger partial charge in [0.25, 0.3) is 0 Å². The first-order valence-corrected chi connectivity index (χ1v) is 10.5. The normalized spacial score (nSPS) is 51.8. The topological polar surface area (TPSA) is 269 Å². The Morgan fingerprint density at radius 1 is 0.588 bits per heavy atom. The maximum atomic E-state index is 10.7. The molecule has 3 aliphatic heterocycles. The third-order valence-electron chi connectivity index (χ3n) is 6.27. The molecule has 0 amide bonds. The number of hydrogen-bond acceptors (Lipinski definition) is 16. The lowest BCUT2D eigenvalue weighted by Gasteiger charge is -2.44. The highest BCUT2D eigenvalue weighted by atomic mass is 16.8. The average Bonchev–Trinajstić information content (AvgIpc) is 3.23. The summed E-state index contributed by atoms with van der Waals surface area (Å²) in [4.78, 5) is 0. The lowest BCUT2D eigenvalue weighted by atomic mass is 9.99. The van der Waals surface area contributed by atoms with Crippen LogP contribution in [-0.2, 0) is 23.7 Å². The van der Waals surface area contributed by atoms with Crippen LogP contribution in [-0.4, -0.2) is 168 Å². The Balaban J connectivity index is 1.87. The van der Waals surface area contributed by atoms with Crippen LogP contribution in [0.2, 0.25) is 0 Å². The molecule has 11 N–H and O–H groups in total. The summed E-state index contributed by atoms with van der Waals surface area (Å²) < 4.78 is 26.9. The standard InChI is InChI=1S/C18H32O16/c19-1-6-9(23)12(26)13(27)16(31-6)34-18(15(29)11(25)8(3-21)33-18)5-30-17(4-22)14(28)10(24)7(2-20)32-17/h6-16,19-29H,1-5H2/t6-,7+,8+,9+,10-,11-,12+,13-,14-,15-,16+,17+,18-/m0/s1. The summed E-state index contributed by atoms with van der Waals surface area (Å²) in [5.41, 5.74) is 0. The van der Waals surface area contributed by atoms with E-state index in [1.165, 1.54) is 0 Å².